The molecule has 1 atom stereocenters. The second-order valence-electron chi connectivity index (χ2n) is 4.54. The SMILES string of the molecule is CCc1nn(C)cc1C(N)c1ccc(C)c(Cl)c1. The van der Waals surface area contributed by atoms with Crippen molar-refractivity contribution in [3.05, 3.63) is 51.8 Å². The third kappa shape index (κ3) is 2.42. The summed E-state index contributed by atoms with van der Waals surface area (Å²) in [6, 6.07) is 5.79. The number of rotatable bonds is 3. The molecule has 0 bridgehead atoms. The van der Waals surface area contributed by atoms with Gasteiger partial charge in [0.15, 0.2) is 0 Å². The lowest BCUT2D eigenvalue weighted by atomic mass is 9.98. The van der Waals surface area contributed by atoms with E-state index < -0.39 is 0 Å². The van der Waals surface area contributed by atoms with Crippen LogP contribution in [-0.4, -0.2) is 9.78 Å². The van der Waals surface area contributed by atoms with Crippen LogP contribution in [0.3, 0.4) is 0 Å². The molecule has 2 rings (SSSR count). The standard InChI is InChI=1S/C14H18ClN3/c1-4-13-11(8-18(3)17-13)14(16)10-6-5-9(2)12(15)7-10/h5-8,14H,4,16H2,1-3H3. The van der Waals surface area contributed by atoms with Crippen molar-refractivity contribution in [3.63, 3.8) is 0 Å². The molecule has 18 heavy (non-hydrogen) atoms. The van der Waals surface area contributed by atoms with Gasteiger partial charge in [0.1, 0.15) is 0 Å². The van der Waals surface area contributed by atoms with E-state index in [0.29, 0.717) is 0 Å². The summed E-state index contributed by atoms with van der Waals surface area (Å²) in [6.45, 7) is 4.07. The highest BCUT2D eigenvalue weighted by Gasteiger charge is 2.16. The third-order valence-corrected chi connectivity index (χ3v) is 3.57. The molecule has 4 heteroatoms. The van der Waals surface area contributed by atoms with E-state index in [2.05, 4.69) is 12.0 Å². The zero-order valence-electron chi connectivity index (χ0n) is 10.9. The van der Waals surface area contributed by atoms with Crippen LogP contribution in [0.2, 0.25) is 5.02 Å². The fourth-order valence-electron chi connectivity index (χ4n) is 2.07. The third-order valence-electron chi connectivity index (χ3n) is 3.16. The molecule has 0 fully saturated rings. The summed E-state index contributed by atoms with van der Waals surface area (Å²) in [5.41, 5.74) is 10.5. The zero-order valence-corrected chi connectivity index (χ0v) is 11.7. The summed E-state index contributed by atoms with van der Waals surface area (Å²) >= 11 is 6.15. The van der Waals surface area contributed by atoms with Crippen LogP contribution in [0.5, 0.6) is 0 Å². The molecule has 1 aromatic carbocycles. The van der Waals surface area contributed by atoms with E-state index in [4.69, 9.17) is 17.3 Å². The normalized spacial score (nSPS) is 12.7. The summed E-state index contributed by atoms with van der Waals surface area (Å²) in [5.74, 6) is 0. The molecule has 2 N–H and O–H groups in total. The molecule has 1 heterocycles. The van der Waals surface area contributed by atoms with Crippen LogP contribution >= 0.6 is 11.6 Å². The van der Waals surface area contributed by atoms with E-state index in [0.717, 1.165) is 33.8 Å². The Balaban J connectivity index is 2.40. The summed E-state index contributed by atoms with van der Waals surface area (Å²) in [6.07, 6.45) is 2.86. The molecule has 0 aliphatic heterocycles. The van der Waals surface area contributed by atoms with Gasteiger partial charge in [-0.1, -0.05) is 30.7 Å². The molecule has 0 aliphatic carbocycles. The molecule has 0 saturated heterocycles. The largest absolute Gasteiger partial charge is 0.320 e. The maximum absolute atomic E-state index is 6.31. The topological polar surface area (TPSA) is 43.8 Å². The molecule has 1 aromatic heterocycles. The molecule has 3 nitrogen and oxygen atoms in total. The highest BCUT2D eigenvalue weighted by molar-refractivity contribution is 6.31. The average molecular weight is 264 g/mol. The van der Waals surface area contributed by atoms with Crippen molar-refractivity contribution in [1.82, 2.24) is 9.78 Å². The lowest BCUT2D eigenvalue weighted by Gasteiger charge is -2.13. The van der Waals surface area contributed by atoms with Crippen molar-refractivity contribution in [2.45, 2.75) is 26.3 Å². The van der Waals surface area contributed by atoms with Gasteiger partial charge in [0.05, 0.1) is 11.7 Å². The van der Waals surface area contributed by atoms with Crippen LogP contribution in [-0.2, 0) is 13.5 Å². The Bertz CT molecular complexity index is 560. The van der Waals surface area contributed by atoms with Gasteiger partial charge in [-0.3, -0.25) is 4.68 Å². The van der Waals surface area contributed by atoms with Crippen LogP contribution in [0.4, 0.5) is 0 Å². The minimum atomic E-state index is -0.174. The van der Waals surface area contributed by atoms with Gasteiger partial charge in [0, 0.05) is 23.8 Å². The first-order valence-electron chi connectivity index (χ1n) is 6.07. The van der Waals surface area contributed by atoms with Gasteiger partial charge in [0.2, 0.25) is 0 Å². The van der Waals surface area contributed by atoms with E-state index in [1.165, 1.54) is 0 Å². The minimum absolute atomic E-state index is 0.174. The first-order chi connectivity index (χ1) is 8.52. The fraction of sp³-hybridized carbons (Fsp3) is 0.357. The van der Waals surface area contributed by atoms with E-state index in [9.17, 15) is 0 Å². The number of hydrogen-bond donors (Lipinski definition) is 1. The second-order valence-corrected chi connectivity index (χ2v) is 4.95. The number of nitrogens with zero attached hydrogens (tertiary/aromatic N) is 2. The maximum Gasteiger partial charge on any atom is 0.0672 e. The molecule has 0 saturated carbocycles. The number of aromatic nitrogens is 2. The summed E-state index contributed by atoms with van der Waals surface area (Å²) < 4.78 is 1.81. The van der Waals surface area contributed by atoms with Gasteiger partial charge < -0.3 is 5.73 Å². The Labute approximate surface area is 113 Å². The molecule has 0 amide bonds. The van der Waals surface area contributed by atoms with E-state index >= 15 is 0 Å². The van der Waals surface area contributed by atoms with E-state index in [1.807, 2.05) is 43.0 Å². The number of hydrogen-bond acceptors (Lipinski definition) is 2. The van der Waals surface area contributed by atoms with Crippen LogP contribution < -0.4 is 5.73 Å². The number of benzene rings is 1. The van der Waals surface area contributed by atoms with Gasteiger partial charge in [-0.05, 0) is 30.5 Å². The minimum Gasteiger partial charge on any atom is -0.320 e. The molecular formula is C14H18ClN3. The Hall–Kier alpha value is -1.32. The zero-order chi connectivity index (χ0) is 13.3. The second kappa shape index (κ2) is 5.12. The van der Waals surface area contributed by atoms with E-state index in [-0.39, 0.29) is 6.04 Å². The predicted octanol–water partition coefficient (Wildman–Crippen LogP) is 2.99. The molecule has 1 unspecified atom stereocenters. The molecular weight excluding hydrogens is 246 g/mol. The molecule has 0 radical (unpaired) electrons. The lowest BCUT2D eigenvalue weighted by molar-refractivity contribution is 0.746. The molecule has 2 aromatic rings. The monoisotopic (exact) mass is 263 g/mol. The summed E-state index contributed by atoms with van der Waals surface area (Å²) in [5, 5.41) is 5.17. The quantitative estimate of drug-likeness (QED) is 0.925. The van der Waals surface area contributed by atoms with Crippen LogP contribution in [0.1, 0.15) is 35.3 Å². The van der Waals surface area contributed by atoms with Gasteiger partial charge in [-0.2, -0.15) is 5.10 Å². The highest BCUT2D eigenvalue weighted by atomic mass is 35.5. The predicted molar refractivity (Wildman–Crippen MR) is 74.8 cm³/mol. The number of aryl methyl sites for hydroxylation is 3. The number of nitrogens with two attached hydrogens (primary N) is 1. The summed E-state index contributed by atoms with van der Waals surface area (Å²) in [4.78, 5) is 0. The van der Waals surface area contributed by atoms with Crippen LogP contribution in [0, 0.1) is 6.92 Å². The van der Waals surface area contributed by atoms with Crippen LogP contribution in [0.15, 0.2) is 24.4 Å². The van der Waals surface area contributed by atoms with Crippen molar-refractivity contribution in [3.8, 4) is 0 Å². The van der Waals surface area contributed by atoms with Crippen molar-refractivity contribution < 1.29 is 0 Å². The highest BCUT2D eigenvalue weighted by Crippen LogP contribution is 2.26. The lowest BCUT2D eigenvalue weighted by Crippen LogP contribution is -2.13. The van der Waals surface area contributed by atoms with Crippen molar-refractivity contribution in [1.29, 1.82) is 0 Å². The Morgan fingerprint density at radius 1 is 1.44 bits per heavy atom. The number of halogens is 1. The van der Waals surface area contributed by atoms with Crippen molar-refractivity contribution in [2.24, 2.45) is 12.8 Å². The van der Waals surface area contributed by atoms with Gasteiger partial charge in [0.25, 0.3) is 0 Å². The Morgan fingerprint density at radius 3 is 2.78 bits per heavy atom. The fourth-order valence-corrected chi connectivity index (χ4v) is 2.26. The first kappa shape index (κ1) is 13.1. The average Bonchev–Trinajstić information content (AvgIpc) is 2.73. The van der Waals surface area contributed by atoms with Crippen LogP contribution in [0.25, 0.3) is 0 Å². The first-order valence-corrected chi connectivity index (χ1v) is 6.44. The molecule has 0 aliphatic rings. The van der Waals surface area contributed by atoms with Crippen molar-refractivity contribution in [2.75, 3.05) is 0 Å². The van der Waals surface area contributed by atoms with Gasteiger partial charge in [-0.15, -0.1) is 0 Å². The van der Waals surface area contributed by atoms with Gasteiger partial charge in [-0.25, -0.2) is 0 Å². The van der Waals surface area contributed by atoms with Gasteiger partial charge >= 0.3 is 0 Å². The molecule has 0 spiro atoms. The molecule has 96 valence electrons. The maximum atomic E-state index is 6.31. The Kier molecular flexibility index (Phi) is 3.73. The smallest absolute Gasteiger partial charge is 0.0672 e. The van der Waals surface area contributed by atoms with E-state index in [1.54, 1.807) is 0 Å². The van der Waals surface area contributed by atoms with Crippen molar-refractivity contribution >= 4 is 11.6 Å². The Morgan fingerprint density at radius 2 is 2.17 bits per heavy atom. The summed E-state index contributed by atoms with van der Waals surface area (Å²) in [7, 11) is 1.91.